The van der Waals surface area contributed by atoms with Crippen LogP contribution in [0.25, 0.3) is 10.9 Å². The lowest BCUT2D eigenvalue weighted by Crippen LogP contribution is -2.49. The largest absolute Gasteiger partial charge is 0.494 e. The zero-order chi connectivity index (χ0) is 32.7. The quantitative estimate of drug-likeness (QED) is 0.183. The molecule has 4 aromatic rings. The number of nitrogens with zero attached hydrogens (tertiary/aromatic N) is 2. The summed E-state index contributed by atoms with van der Waals surface area (Å²) in [5, 5.41) is 3.80. The molecule has 0 radical (unpaired) electrons. The first kappa shape index (κ1) is 32.8. The first-order valence-electron chi connectivity index (χ1n) is 15.5. The van der Waals surface area contributed by atoms with Gasteiger partial charge in [0.25, 0.3) is 0 Å². The number of carbonyl (C=O) groups excluding carboxylic acids is 2. The van der Waals surface area contributed by atoms with Crippen LogP contribution in [-0.4, -0.2) is 76.2 Å². The third-order valence-corrected chi connectivity index (χ3v) is 9.60. The number of hydrogen-bond donors (Lipinski definition) is 3. The summed E-state index contributed by atoms with van der Waals surface area (Å²) in [5.74, 6) is -0.0956. The number of H-pyrrole nitrogens is 1. The summed E-state index contributed by atoms with van der Waals surface area (Å²) in [6.07, 6.45) is 3.44. The van der Waals surface area contributed by atoms with E-state index >= 15 is 0 Å². The van der Waals surface area contributed by atoms with E-state index in [0.29, 0.717) is 44.2 Å². The summed E-state index contributed by atoms with van der Waals surface area (Å²) >= 11 is 0. The molecule has 1 unspecified atom stereocenters. The molecule has 2 heterocycles. The Bertz CT molecular complexity index is 1760. The van der Waals surface area contributed by atoms with Crippen molar-refractivity contribution in [1.82, 2.24) is 14.6 Å². The molecule has 2 amide bonds. The summed E-state index contributed by atoms with van der Waals surface area (Å²) in [6.45, 7) is 6.65. The number of carbonyl (C=O) groups is 2. The number of fused-ring (bicyclic) bond motifs is 1. The molecule has 5 rings (SSSR count). The fourth-order valence-electron chi connectivity index (χ4n) is 5.42. The van der Waals surface area contributed by atoms with E-state index in [4.69, 9.17) is 9.47 Å². The number of hydrogen-bond acceptors (Lipinski definition) is 7. The standard InChI is InChI=1S/C34H41N5O6S/c1-4-5-20-45-34(41)39-18-16-38(17-19-39)26-12-15-30(32(22-26)44-3)36-33(40)31(21-25-23-35-29-9-7-6-8-28(25)29)37-46(42,43)27-13-10-24(2)11-14-27/h6-15,22-23,31,35,37H,4-5,16-21H2,1-3H3,(H,36,40). The summed E-state index contributed by atoms with van der Waals surface area (Å²) in [4.78, 5) is 33.3. The van der Waals surface area contributed by atoms with Crippen molar-refractivity contribution >= 4 is 44.3 Å². The van der Waals surface area contributed by atoms with Crippen LogP contribution in [0.5, 0.6) is 5.75 Å². The van der Waals surface area contributed by atoms with Gasteiger partial charge in [-0.3, -0.25) is 4.79 Å². The molecule has 0 spiro atoms. The number of para-hydroxylation sites is 1. The van der Waals surface area contributed by atoms with Crippen molar-refractivity contribution in [3.05, 3.63) is 84.1 Å². The molecule has 3 aromatic carbocycles. The van der Waals surface area contributed by atoms with Crippen LogP contribution in [0.3, 0.4) is 0 Å². The number of piperazine rings is 1. The molecule has 1 aromatic heterocycles. The lowest BCUT2D eigenvalue weighted by molar-refractivity contribution is -0.117. The van der Waals surface area contributed by atoms with Crippen LogP contribution >= 0.6 is 0 Å². The minimum atomic E-state index is -4.02. The van der Waals surface area contributed by atoms with Crippen LogP contribution < -0.4 is 19.7 Å². The summed E-state index contributed by atoms with van der Waals surface area (Å²) < 4.78 is 40.5. The van der Waals surface area contributed by atoms with E-state index in [0.717, 1.165) is 40.6 Å². The molecule has 3 N–H and O–H groups in total. The Balaban J connectivity index is 1.32. The highest BCUT2D eigenvalue weighted by molar-refractivity contribution is 7.89. The minimum Gasteiger partial charge on any atom is -0.494 e. The van der Waals surface area contributed by atoms with Gasteiger partial charge in [0.1, 0.15) is 11.8 Å². The van der Waals surface area contributed by atoms with Crippen molar-refractivity contribution < 1.29 is 27.5 Å². The number of benzene rings is 3. The second-order valence-corrected chi connectivity index (χ2v) is 13.1. The van der Waals surface area contributed by atoms with E-state index in [9.17, 15) is 18.0 Å². The van der Waals surface area contributed by atoms with Crippen LogP contribution in [-0.2, 0) is 26.0 Å². The molecule has 1 aliphatic heterocycles. The fourth-order valence-corrected chi connectivity index (χ4v) is 6.62. The SMILES string of the molecule is CCCCOC(=O)N1CCN(c2ccc(NC(=O)C(Cc3c[nH]c4ccccc34)NS(=O)(=O)c3ccc(C)cc3)c(OC)c2)CC1. The van der Waals surface area contributed by atoms with Gasteiger partial charge in [-0.25, -0.2) is 13.2 Å². The fraction of sp³-hybridized carbons (Fsp3) is 0.353. The second kappa shape index (κ2) is 14.7. The van der Waals surface area contributed by atoms with Gasteiger partial charge in [0.2, 0.25) is 15.9 Å². The van der Waals surface area contributed by atoms with Gasteiger partial charge in [0, 0.05) is 55.0 Å². The van der Waals surface area contributed by atoms with E-state index < -0.39 is 22.0 Å². The molecule has 1 aliphatic rings. The Morgan fingerprint density at radius 1 is 1.00 bits per heavy atom. The first-order valence-corrected chi connectivity index (χ1v) is 17.0. The van der Waals surface area contributed by atoms with Crippen LogP contribution in [0.1, 0.15) is 30.9 Å². The van der Waals surface area contributed by atoms with Crippen molar-refractivity contribution in [3.63, 3.8) is 0 Å². The van der Waals surface area contributed by atoms with Gasteiger partial charge in [-0.2, -0.15) is 4.72 Å². The zero-order valence-corrected chi connectivity index (χ0v) is 27.2. The van der Waals surface area contributed by atoms with Crippen LogP contribution in [0.2, 0.25) is 0 Å². The van der Waals surface area contributed by atoms with Crippen molar-refractivity contribution in [2.24, 2.45) is 0 Å². The average Bonchev–Trinajstić information content (AvgIpc) is 3.47. The third-order valence-electron chi connectivity index (χ3n) is 8.11. The molecule has 1 fully saturated rings. The highest BCUT2D eigenvalue weighted by Gasteiger charge is 2.28. The first-order chi connectivity index (χ1) is 22.2. The van der Waals surface area contributed by atoms with Crippen LogP contribution in [0.4, 0.5) is 16.2 Å². The van der Waals surface area contributed by atoms with Gasteiger partial charge in [-0.15, -0.1) is 0 Å². The predicted octanol–water partition coefficient (Wildman–Crippen LogP) is 5.07. The molecule has 11 nitrogen and oxygen atoms in total. The van der Waals surface area contributed by atoms with Crippen molar-refractivity contribution in [2.75, 3.05) is 50.1 Å². The number of unbranched alkanes of at least 4 members (excludes halogenated alkanes) is 1. The topological polar surface area (TPSA) is 133 Å². The number of aromatic nitrogens is 1. The molecule has 0 saturated carbocycles. The molecule has 12 heteroatoms. The number of sulfonamides is 1. The van der Waals surface area contributed by atoms with Gasteiger partial charge in [-0.05, 0) is 55.7 Å². The molecular formula is C34H41N5O6S. The molecular weight excluding hydrogens is 606 g/mol. The molecule has 0 aliphatic carbocycles. The molecule has 1 atom stereocenters. The number of methoxy groups -OCH3 is 1. The maximum Gasteiger partial charge on any atom is 0.409 e. The van der Waals surface area contributed by atoms with Crippen molar-refractivity contribution in [1.29, 1.82) is 0 Å². The Morgan fingerprint density at radius 3 is 2.46 bits per heavy atom. The van der Waals surface area contributed by atoms with Gasteiger partial charge >= 0.3 is 6.09 Å². The highest BCUT2D eigenvalue weighted by atomic mass is 32.2. The zero-order valence-electron chi connectivity index (χ0n) is 26.4. The normalized spacial score (nSPS) is 14.2. The van der Waals surface area contributed by atoms with E-state index in [1.165, 1.54) is 19.2 Å². The van der Waals surface area contributed by atoms with Gasteiger partial charge < -0.3 is 29.6 Å². The molecule has 244 valence electrons. The third kappa shape index (κ3) is 7.80. The number of anilines is 2. The maximum absolute atomic E-state index is 13.8. The van der Waals surface area contributed by atoms with Crippen molar-refractivity contribution in [3.8, 4) is 5.75 Å². The Kier molecular flexibility index (Phi) is 10.5. The van der Waals surface area contributed by atoms with E-state index in [1.807, 2.05) is 43.3 Å². The minimum absolute atomic E-state index is 0.0751. The van der Waals surface area contributed by atoms with Gasteiger partial charge in [0.05, 0.1) is 24.3 Å². The number of nitrogens with one attached hydrogen (secondary N) is 3. The highest BCUT2D eigenvalue weighted by Crippen LogP contribution is 2.31. The molecule has 46 heavy (non-hydrogen) atoms. The van der Waals surface area contributed by atoms with Crippen molar-refractivity contribution in [2.45, 2.75) is 44.0 Å². The second-order valence-electron chi connectivity index (χ2n) is 11.4. The number of rotatable bonds is 12. The van der Waals surface area contributed by atoms with Gasteiger partial charge in [-0.1, -0.05) is 49.2 Å². The van der Waals surface area contributed by atoms with Gasteiger partial charge in [0.15, 0.2) is 0 Å². The van der Waals surface area contributed by atoms with Crippen LogP contribution in [0.15, 0.2) is 77.8 Å². The monoisotopic (exact) mass is 647 g/mol. The predicted molar refractivity (Wildman–Crippen MR) is 179 cm³/mol. The molecule has 1 saturated heterocycles. The number of aryl methyl sites for hydroxylation is 1. The van der Waals surface area contributed by atoms with E-state index in [2.05, 4.69) is 26.8 Å². The average molecular weight is 648 g/mol. The maximum atomic E-state index is 13.8. The van der Waals surface area contributed by atoms with Crippen LogP contribution in [0, 0.1) is 6.92 Å². The number of ether oxygens (including phenoxy) is 2. The lowest BCUT2D eigenvalue weighted by atomic mass is 10.0. The number of aromatic amines is 1. The Labute approximate surface area is 269 Å². The van der Waals surface area contributed by atoms with E-state index in [1.54, 1.807) is 29.3 Å². The summed E-state index contributed by atoms with van der Waals surface area (Å²) in [5.41, 5.74) is 3.91. The Hall–Kier alpha value is -4.55. The Morgan fingerprint density at radius 2 is 1.74 bits per heavy atom. The summed E-state index contributed by atoms with van der Waals surface area (Å²) in [7, 11) is -2.50. The lowest BCUT2D eigenvalue weighted by Gasteiger charge is -2.35. The number of amides is 2. The molecule has 0 bridgehead atoms. The summed E-state index contributed by atoms with van der Waals surface area (Å²) in [6, 6.07) is 18.5. The van der Waals surface area contributed by atoms with E-state index in [-0.39, 0.29) is 17.4 Å². The smallest absolute Gasteiger partial charge is 0.409 e.